The highest BCUT2D eigenvalue weighted by molar-refractivity contribution is 7.99. The van der Waals surface area contributed by atoms with Crippen LogP contribution >= 0.6 is 23.1 Å². The van der Waals surface area contributed by atoms with Gasteiger partial charge < -0.3 is 4.90 Å². The molecule has 0 atom stereocenters. The van der Waals surface area contributed by atoms with Gasteiger partial charge in [-0.25, -0.2) is 0 Å². The molecular formula is C9H14NS2+. The predicted octanol–water partition coefficient (Wildman–Crippen LogP) is 0.880. The summed E-state index contributed by atoms with van der Waals surface area (Å²) in [6.45, 7) is 3.94. The molecular weight excluding hydrogens is 186 g/mol. The zero-order chi connectivity index (χ0) is 8.23. The zero-order valence-electron chi connectivity index (χ0n) is 7.08. The Morgan fingerprint density at radius 1 is 1.33 bits per heavy atom. The second-order valence-electron chi connectivity index (χ2n) is 3.17. The highest BCUT2D eigenvalue weighted by atomic mass is 32.2. The predicted molar refractivity (Wildman–Crippen MR) is 56.0 cm³/mol. The Hall–Kier alpha value is 0.01000. The van der Waals surface area contributed by atoms with Gasteiger partial charge in [-0.1, -0.05) is 0 Å². The van der Waals surface area contributed by atoms with Gasteiger partial charge in [0.2, 0.25) is 0 Å². The summed E-state index contributed by atoms with van der Waals surface area (Å²) in [4.78, 5) is 1.76. The van der Waals surface area contributed by atoms with Gasteiger partial charge in [0.25, 0.3) is 0 Å². The SMILES string of the molecule is c1cc(C[NH+]2CCSCC2)cs1. The quantitative estimate of drug-likeness (QED) is 0.742. The molecule has 2 heterocycles. The summed E-state index contributed by atoms with van der Waals surface area (Å²) in [6.07, 6.45) is 0. The molecule has 0 radical (unpaired) electrons. The lowest BCUT2D eigenvalue weighted by atomic mass is 10.3. The smallest absolute Gasteiger partial charge is 0.104 e. The van der Waals surface area contributed by atoms with E-state index in [-0.39, 0.29) is 0 Å². The summed E-state index contributed by atoms with van der Waals surface area (Å²) >= 11 is 3.90. The van der Waals surface area contributed by atoms with Crippen molar-refractivity contribution in [3.05, 3.63) is 22.4 Å². The molecule has 0 bridgehead atoms. The van der Waals surface area contributed by atoms with E-state index < -0.39 is 0 Å². The molecule has 1 aliphatic rings. The topological polar surface area (TPSA) is 4.44 Å². The number of hydrogen-bond donors (Lipinski definition) is 1. The molecule has 0 saturated carbocycles. The van der Waals surface area contributed by atoms with Crippen LogP contribution in [0.25, 0.3) is 0 Å². The number of rotatable bonds is 2. The Kier molecular flexibility index (Phi) is 3.08. The van der Waals surface area contributed by atoms with E-state index in [0.29, 0.717) is 0 Å². The van der Waals surface area contributed by atoms with Crippen LogP contribution in [0.3, 0.4) is 0 Å². The fraction of sp³-hybridized carbons (Fsp3) is 0.556. The molecule has 0 unspecified atom stereocenters. The molecule has 1 saturated heterocycles. The van der Waals surface area contributed by atoms with Gasteiger partial charge in [0.05, 0.1) is 13.1 Å². The molecule has 1 aliphatic heterocycles. The van der Waals surface area contributed by atoms with Crippen molar-refractivity contribution in [3.8, 4) is 0 Å². The first-order chi connectivity index (χ1) is 5.95. The van der Waals surface area contributed by atoms with E-state index in [1.165, 1.54) is 36.7 Å². The molecule has 12 heavy (non-hydrogen) atoms. The molecule has 1 aromatic rings. The summed E-state index contributed by atoms with van der Waals surface area (Å²) in [5.74, 6) is 2.69. The second kappa shape index (κ2) is 4.30. The molecule has 1 nitrogen and oxygen atoms in total. The van der Waals surface area contributed by atoms with E-state index in [0.717, 1.165) is 0 Å². The maximum Gasteiger partial charge on any atom is 0.104 e. The van der Waals surface area contributed by atoms with E-state index in [1.807, 2.05) is 11.3 Å². The van der Waals surface area contributed by atoms with Gasteiger partial charge in [-0.15, -0.1) is 0 Å². The average molecular weight is 200 g/mol. The van der Waals surface area contributed by atoms with Crippen molar-refractivity contribution in [3.63, 3.8) is 0 Å². The first-order valence-electron chi connectivity index (χ1n) is 4.37. The zero-order valence-corrected chi connectivity index (χ0v) is 8.72. The van der Waals surface area contributed by atoms with Crippen LogP contribution in [0.2, 0.25) is 0 Å². The number of quaternary nitrogens is 1. The molecule has 1 aromatic heterocycles. The van der Waals surface area contributed by atoms with E-state index in [9.17, 15) is 0 Å². The van der Waals surface area contributed by atoms with Gasteiger partial charge in [0.1, 0.15) is 6.54 Å². The van der Waals surface area contributed by atoms with Crippen molar-refractivity contribution in [1.29, 1.82) is 0 Å². The van der Waals surface area contributed by atoms with Crippen LogP contribution < -0.4 is 4.90 Å². The standard InChI is InChI=1S/C9H13NS2/c1-4-12-8-9(1)7-10-2-5-11-6-3-10/h1,4,8H,2-3,5-7H2/p+1. The highest BCUT2D eigenvalue weighted by Crippen LogP contribution is 2.04. The largest absolute Gasteiger partial charge is 0.330 e. The summed E-state index contributed by atoms with van der Waals surface area (Å²) in [5, 5.41) is 4.45. The van der Waals surface area contributed by atoms with Gasteiger partial charge in [0.15, 0.2) is 0 Å². The fourth-order valence-electron chi connectivity index (χ4n) is 1.52. The molecule has 2 rings (SSSR count). The minimum absolute atomic E-state index is 1.24. The van der Waals surface area contributed by atoms with Crippen molar-refractivity contribution in [2.45, 2.75) is 6.54 Å². The van der Waals surface area contributed by atoms with Crippen molar-refractivity contribution in [2.75, 3.05) is 24.6 Å². The normalized spacial score (nSPS) is 19.7. The third-order valence-electron chi connectivity index (χ3n) is 2.23. The van der Waals surface area contributed by atoms with Crippen molar-refractivity contribution < 1.29 is 4.90 Å². The summed E-state index contributed by atoms with van der Waals surface area (Å²) < 4.78 is 0. The molecule has 1 N–H and O–H groups in total. The molecule has 0 aliphatic carbocycles. The number of hydrogen-bond acceptors (Lipinski definition) is 2. The first kappa shape index (κ1) is 8.60. The van der Waals surface area contributed by atoms with Crippen LogP contribution in [-0.2, 0) is 6.54 Å². The van der Waals surface area contributed by atoms with Crippen LogP contribution in [0.4, 0.5) is 0 Å². The summed E-state index contributed by atoms with van der Waals surface area (Å²) in [6, 6.07) is 2.25. The first-order valence-corrected chi connectivity index (χ1v) is 6.47. The minimum Gasteiger partial charge on any atom is -0.330 e. The van der Waals surface area contributed by atoms with Crippen LogP contribution in [-0.4, -0.2) is 24.6 Å². The Morgan fingerprint density at radius 3 is 2.83 bits per heavy atom. The van der Waals surface area contributed by atoms with Gasteiger partial charge in [-0.3, -0.25) is 0 Å². The van der Waals surface area contributed by atoms with Crippen molar-refractivity contribution >= 4 is 23.1 Å². The van der Waals surface area contributed by atoms with E-state index in [4.69, 9.17) is 0 Å². The van der Waals surface area contributed by atoms with Gasteiger partial charge in [-0.05, 0) is 16.8 Å². The van der Waals surface area contributed by atoms with E-state index >= 15 is 0 Å². The van der Waals surface area contributed by atoms with Crippen molar-refractivity contribution in [2.24, 2.45) is 0 Å². The van der Waals surface area contributed by atoms with Crippen LogP contribution in [0, 0.1) is 0 Å². The summed E-state index contributed by atoms with van der Waals surface area (Å²) in [5.41, 5.74) is 1.52. The Morgan fingerprint density at radius 2 is 2.17 bits per heavy atom. The Bertz CT molecular complexity index is 214. The Balaban J connectivity index is 1.86. The lowest BCUT2D eigenvalue weighted by molar-refractivity contribution is -0.910. The monoisotopic (exact) mass is 200 g/mol. The van der Waals surface area contributed by atoms with Gasteiger partial charge in [0, 0.05) is 17.1 Å². The van der Waals surface area contributed by atoms with Crippen molar-refractivity contribution in [1.82, 2.24) is 0 Å². The van der Waals surface area contributed by atoms with Gasteiger partial charge >= 0.3 is 0 Å². The maximum absolute atomic E-state index is 2.27. The number of thiophene rings is 1. The number of thioether (sulfide) groups is 1. The highest BCUT2D eigenvalue weighted by Gasteiger charge is 2.13. The maximum atomic E-state index is 2.27. The molecule has 0 spiro atoms. The molecule has 3 heteroatoms. The number of nitrogens with one attached hydrogen (secondary N) is 1. The molecule has 0 amide bonds. The molecule has 1 fully saturated rings. The summed E-state index contributed by atoms with van der Waals surface area (Å²) in [7, 11) is 0. The van der Waals surface area contributed by atoms with Crippen LogP contribution in [0.1, 0.15) is 5.56 Å². The fourth-order valence-corrected chi connectivity index (χ4v) is 3.26. The van der Waals surface area contributed by atoms with E-state index in [2.05, 4.69) is 28.6 Å². The van der Waals surface area contributed by atoms with Gasteiger partial charge in [-0.2, -0.15) is 23.1 Å². The van der Waals surface area contributed by atoms with E-state index in [1.54, 1.807) is 4.90 Å². The average Bonchev–Trinajstić information content (AvgIpc) is 2.59. The van der Waals surface area contributed by atoms with Crippen LogP contribution in [0.5, 0.6) is 0 Å². The lowest BCUT2D eigenvalue weighted by Crippen LogP contribution is -3.12. The molecule has 66 valence electrons. The molecule has 0 aromatic carbocycles. The second-order valence-corrected chi connectivity index (χ2v) is 5.18. The lowest BCUT2D eigenvalue weighted by Gasteiger charge is -2.22. The third-order valence-corrected chi connectivity index (χ3v) is 3.95. The Labute approximate surface area is 81.8 Å². The minimum atomic E-state index is 1.24. The third kappa shape index (κ3) is 2.25. The van der Waals surface area contributed by atoms with Crippen LogP contribution in [0.15, 0.2) is 16.8 Å².